The summed E-state index contributed by atoms with van der Waals surface area (Å²) in [6.45, 7) is 5.81. The van der Waals surface area contributed by atoms with Gasteiger partial charge in [-0.1, -0.05) is 6.92 Å². The van der Waals surface area contributed by atoms with Crippen LogP contribution in [0, 0.1) is 12.8 Å². The van der Waals surface area contributed by atoms with Gasteiger partial charge in [0, 0.05) is 53.8 Å². The number of ether oxygens (including phenoxy) is 1. The molecule has 6 rings (SSSR count). The predicted octanol–water partition coefficient (Wildman–Crippen LogP) is 3.16. The van der Waals surface area contributed by atoms with E-state index in [9.17, 15) is 5.11 Å². The van der Waals surface area contributed by atoms with E-state index in [2.05, 4.69) is 61.4 Å². The minimum atomic E-state index is -0.571. The van der Waals surface area contributed by atoms with E-state index in [0.717, 1.165) is 53.2 Å². The first kappa shape index (κ1) is 20.4. The van der Waals surface area contributed by atoms with Crippen molar-refractivity contribution in [2.75, 3.05) is 6.54 Å². The second kappa shape index (κ2) is 7.97. The molecular formula is C25H28N6O2. The van der Waals surface area contributed by atoms with Crippen LogP contribution < -0.4 is 10.1 Å². The molecular weight excluding hydrogens is 416 g/mol. The summed E-state index contributed by atoms with van der Waals surface area (Å²) in [7, 11) is 0. The maximum Gasteiger partial charge on any atom is 0.143 e. The largest absolute Gasteiger partial charge is 0.487 e. The second-order valence-electron chi connectivity index (χ2n) is 9.24. The van der Waals surface area contributed by atoms with Crippen LogP contribution in [0.1, 0.15) is 36.2 Å². The topological polar surface area (TPSA) is 101 Å². The van der Waals surface area contributed by atoms with Crippen molar-refractivity contribution in [3.05, 3.63) is 59.8 Å². The van der Waals surface area contributed by atoms with Crippen molar-refractivity contribution >= 4 is 11.0 Å². The molecule has 4 atom stereocenters. The van der Waals surface area contributed by atoms with E-state index in [1.807, 2.05) is 13.0 Å². The highest BCUT2D eigenvalue weighted by atomic mass is 16.5. The van der Waals surface area contributed by atoms with Gasteiger partial charge < -0.3 is 19.7 Å². The Morgan fingerprint density at radius 1 is 1.21 bits per heavy atom. The van der Waals surface area contributed by atoms with E-state index >= 15 is 0 Å². The molecule has 2 unspecified atom stereocenters. The van der Waals surface area contributed by atoms with Crippen LogP contribution in [0.2, 0.25) is 0 Å². The van der Waals surface area contributed by atoms with Gasteiger partial charge in [-0.3, -0.25) is 5.10 Å². The molecule has 0 amide bonds. The lowest BCUT2D eigenvalue weighted by Crippen LogP contribution is -2.31. The molecule has 8 nitrogen and oxygen atoms in total. The maximum absolute atomic E-state index is 11.2. The Balaban J connectivity index is 1.33. The number of aliphatic hydroxyl groups excluding tert-OH is 1. The number of aromatic amines is 1. The number of hydrogen-bond donors (Lipinski definition) is 3. The fourth-order valence-electron chi connectivity index (χ4n) is 5.41. The molecule has 0 spiro atoms. The zero-order chi connectivity index (χ0) is 22.5. The van der Waals surface area contributed by atoms with Crippen molar-refractivity contribution in [2.24, 2.45) is 5.92 Å². The molecule has 33 heavy (non-hydrogen) atoms. The third kappa shape index (κ3) is 3.41. The molecule has 0 radical (unpaired) electrons. The first-order valence-electron chi connectivity index (χ1n) is 11.6. The van der Waals surface area contributed by atoms with Gasteiger partial charge in [-0.25, -0.2) is 9.97 Å². The number of benzene rings is 1. The average Bonchev–Trinajstić information content (AvgIpc) is 3.56. The average molecular weight is 445 g/mol. The van der Waals surface area contributed by atoms with Crippen LogP contribution in [-0.2, 0) is 13.0 Å². The second-order valence-corrected chi connectivity index (χ2v) is 9.24. The van der Waals surface area contributed by atoms with Crippen molar-refractivity contribution in [2.45, 2.75) is 51.5 Å². The Morgan fingerprint density at radius 3 is 2.97 bits per heavy atom. The molecule has 4 heterocycles. The Kier molecular flexibility index (Phi) is 4.92. The van der Waals surface area contributed by atoms with Gasteiger partial charge in [-0.05, 0) is 49.7 Å². The molecule has 1 aliphatic heterocycles. The Bertz CT molecular complexity index is 1300. The molecule has 4 aromatic rings. The third-order valence-corrected chi connectivity index (χ3v) is 7.33. The summed E-state index contributed by atoms with van der Waals surface area (Å²) in [6, 6.07) is 8.43. The Hall–Kier alpha value is -3.23. The molecule has 0 bridgehead atoms. The zero-order valence-electron chi connectivity index (χ0n) is 18.8. The first-order chi connectivity index (χ1) is 16.1. The molecule has 1 aliphatic carbocycles. The lowest BCUT2D eigenvalue weighted by molar-refractivity contribution is 0.0372. The highest BCUT2D eigenvalue weighted by molar-refractivity contribution is 5.78. The van der Waals surface area contributed by atoms with E-state index in [-0.39, 0.29) is 18.1 Å². The zero-order valence-corrected chi connectivity index (χ0v) is 18.8. The lowest BCUT2D eigenvalue weighted by Gasteiger charge is -2.25. The van der Waals surface area contributed by atoms with E-state index < -0.39 is 6.10 Å². The van der Waals surface area contributed by atoms with E-state index in [4.69, 9.17) is 4.74 Å². The van der Waals surface area contributed by atoms with Crippen molar-refractivity contribution in [1.29, 1.82) is 0 Å². The summed E-state index contributed by atoms with van der Waals surface area (Å²) in [6.07, 6.45) is 6.23. The van der Waals surface area contributed by atoms with Crippen molar-refractivity contribution in [3.8, 4) is 17.0 Å². The standard InChI is InChI=1S/C25H28N6O2/c1-14-21(31-8-5-18-15(2)27-13-28-25(18)31)11-23(24(14)32)33-22-10-17(20-4-7-29-30-20)9-16-3-6-26-12-19(16)22/h4-5,7-10,13-14,21,23-24,26,32H,3,6,11-12H2,1-2H3,(H,29,30)/t14-,21?,23?,24-/m0/s1. The molecule has 2 aliphatic rings. The molecule has 3 aromatic heterocycles. The minimum absolute atomic E-state index is 0.0330. The minimum Gasteiger partial charge on any atom is -0.487 e. The molecule has 0 saturated heterocycles. The predicted molar refractivity (Wildman–Crippen MR) is 125 cm³/mol. The van der Waals surface area contributed by atoms with Crippen LogP contribution in [0.15, 0.2) is 43.0 Å². The fraction of sp³-hybridized carbons (Fsp3) is 0.400. The fourth-order valence-corrected chi connectivity index (χ4v) is 5.41. The summed E-state index contributed by atoms with van der Waals surface area (Å²) >= 11 is 0. The van der Waals surface area contributed by atoms with Crippen molar-refractivity contribution in [3.63, 3.8) is 0 Å². The number of H-pyrrole nitrogens is 1. The summed E-state index contributed by atoms with van der Waals surface area (Å²) in [4.78, 5) is 8.84. The number of nitrogens with zero attached hydrogens (tertiary/aromatic N) is 4. The van der Waals surface area contributed by atoms with Gasteiger partial charge in [0.25, 0.3) is 0 Å². The number of fused-ring (bicyclic) bond motifs is 2. The van der Waals surface area contributed by atoms with Crippen LogP contribution in [0.4, 0.5) is 0 Å². The summed E-state index contributed by atoms with van der Waals surface area (Å²) in [5.41, 5.74) is 6.37. The van der Waals surface area contributed by atoms with Gasteiger partial charge in [0.2, 0.25) is 0 Å². The van der Waals surface area contributed by atoms with Gasteiger partial charge in [0.15, 0.2) is 0 Å². The van der Waals surface area contributed by atoms with Gasteiger partial charge in [0.05, 0.1) is 17.5 Å². The van der Waals surface area contributed by atoms with Gasteiger partial charge in [0.1, 0.15) is 23.8 Å². The number of nitrogens with one attached hydrogen (secondary N) is 2. The van der Waals surface area contributed by atoms with Crippen LogP contribution in [0.3, 0.4) is 0 Å². The highest BCUT2D eigenvalue weighted by Gasteiger charge is 2.43. The van der Waals surface area contributed by atoms with Crippen LogP contribution >= 0.6 is 0 Å². The number of aliphatic hydroxyl groups is 1. The Morgan fingerprint density at radius 2 is 2.12 bits per heavy atom. The lowest BCUT2D eigenvalue weighted by atomic mass is 9.96. The smallest absolute Gasteiger partial charge is 0.143 e. The molecule has 1 fully saturated rings. The monoisotopic (exact) mass is 444 g/mol. The van der Waals surface area contributed by atoms with Gasteiger partial charge in [-0.15, -0.1) is 0 Å². The summed E-state index contributed by atoms with van der Waals surface area (Å²) < 4.78 is 8.77. The van der Waals surface area contributed by atoms with Crippen LogP contribution in [0.25, 0.3) is 22.3 Å². The quantitative estimate of drug-likeness (QED) is 0.447. The number of aryl methyl sites for hydroxylation is 1. The van der Waals surface area contributed by atoms with Crippen LogP contribution in [0.5, 0.6) is 5.75 Å². The molecule has 8 heteroatoms. The maximum atomic E-state index is 11.2. The molecule has 3 N–H and O–H groups in total. The van der Waals surface area contributed by atoms with Gasteiger partial charge >= 0.3 is 0 Å². The number of aromatic nitrogens is 5. The Labute approximate surface area is 192 Å². The third-order valence-electron chi connectivity index (χ3n) is 7.33. The van der Waals surface area contributed by atoms with Crippen molar-refractivity contribution < 1.29 is 9.84 Å². The highest BCUT2D eigenvalue weighted by Crippen LogP contribution is 2.41. The van der Waals surface area contributed by atoms with E-state index in [1.54, 1.807) is 12.5 Å². The van der Waals surface area contributed by atoms with Crippen molar-refractivity contribution in [1.82, 2.24) is 30.0 Å². The van der Waals surface area contributed by atoms with Gasteiger partial charge in [-0.2, -0.15) is 5.10 Å². The summed E-state index contributed by atoms with van der Waals surface area (Å²) in [5, 5.41) is 22.8. The first-order valence-corrected chi connectivity index (χ1v) is 11.6. The number of hydrogen-bond acceptors (Lipinski definition) is 6. The normalized spacial score (nSPS) is 24.8. The molecule has 170 valence electrons. The molecule has 1 saturated carbocycles. The molecule has 1 aromatic carbocycles. The van der Waals surface area contributed by atoms with E-state index in [0.29, 0.717) is 6.42 Å². The summed E-state index contributed by atoms with van der Waals surface area (Å²) in [5.74, 6) is 0.877. The van der Waals surface area contributed by atoms with Crippen LogP contribution in [-0.4, -0.2) is 48.6 Å². The number of rotatable bonds is 4. The SMILES string of the molecule is Cc1ncnc2c1ccn2C1CC(Oc2cc(-c3ccn[nH]3)cc3c2CNCC3)[C@@H](O)[C@H]1C. The van der Waals surface area contributed by atoms with E-state index in [1.165, 1.54) is 11.1 Å².